The first-order valence-corrected chi connectivity index (χ1v) is 7.16. The van der Waals surface area contributed by atoms with E-state index in [1.807, 2.05) is 19.1 Å². The van der Waals surface area contributed by atoms with E-state index >= 15 is 0 Å². The van der Waals surface area contributed by atoms with Crippen molar-refractivity contribution in [2.24, 2.45) is 5.18 Å². The minimum absolute atomic E-state index is 0.186. The van der Waals surface area contributed by atoms with Crippen LogP contribution in [0.15, 0.2) is 47.6 Å². The fourth-order valence-electron chi connectivity index (χ4n) is 2.72. The van der Waals surface area contributed by atoms with Crippen molar-refractivity contribution >= 4 is 0 Å². The normalized spacial score (nSPS) is 12.0. The van der Waals surface area contributed by atoms with Crippen LogP contribution in [-0.4, -0.2) is 7.11 Å². The largest absolute Gasteiger partial charge is 0.496 e. The number of rotatable bonds is 6. The maximum atomic E-state index is 10.7. The Hall–Kier alpha value is -2.16. The molecular formula is C18H21NO2. The number of nitrogens with zero attached hydrogens (tertiary/aromatic N) is 1. The van der Waals surface area contributed by atoms with Gasteiger partial charge in [0.05, 0.1) is 7.11 Å². The number of benzene rings is 2. The first-order valence-electron chi connectivity index (χ1n) is 7.16. The second-order valence-electron chi connectivity index (χ2n) is 5.40. The lowest BCUT2D eigenvalue weighted by molar-refractivity contribution is 0.410. The summed E-state index contributed by atoms with van der Waals surface area (Å²) in [7, 11) is 1.65. The van der Waals surface area contributed by atoms with Gasteiger partial charge in [-0.2, -0.15) is 4.91 Å². The second kappa shape index (κ2) is 7.02. The lowest BCUT2D eigenvalue weighted by Crippen LogP contribution is -2.04. The summed E-state index contributed by atoms with van der Waals surface area (Å²) in [5.74, 6) is 1.14. The second-order valence-corrected chi connectivity index (χ2v) is 5.40. The lowest BCUT2D eigenvalue weighted by Gasteiger charge is -2.18. The summed E-state index contributed by atoms with van der Waals surface area (Å²) in [4.78, 5) is 10.7. The number of hydrogen-bond acceptors (Lipinski definition) is 3. The topological polar surface area (TPSA) is 38.7 Å². The zero-order chi connectivity index (χ0) is 15.2. The molecule has 110 valence electrons. The van der Waals surface area contributed by atoms with Crippen LogP contribution in [0.5, 0.6) is 5.75 Å². The third-order valence-electron chi connectivity index (χ3n) is 3.81. The summed E-state index contributed by atoms with van der Waals surface area (Å²) in [6, 6.07) is 14.4. The van der Waals surface area contributed by atoms with Crippen LogP contribution in [0.4, 0.5) is 0 Å². The quantitative estimate of drug-likeness (QED) is 0.726. The van der Waals surface area contributed by atoms with Crippen LogP contribution in [0, 0.1) is 11.8 Å². The highest BCUT2D eigenvalue weighted by Crippen LogP contribution is 2.30. The summed E-state index contributed by atoms with van der Waals surface area (Å²) in [6.07, 6.45) is 0.943. The number of aryl methyl sites for hydroxylation is 1. The Morgan fingerprint density at radius 3 is 2.52 bits per heavy atom. The number of methoxy groups -OCH3 is 1. The SMILES string of the molecule is COc1cc(CN=O)c(C(C)Cc2ccccc2)cc1C. The highest BCUT2D eigenvalue weighted by Gasteiger charge is 2.14. The zero-order valence-corrected chi connectivity index (χ0v) is 12.8. The molecule has 0 radical (unpaired) electrons. The summed E-state index contributed by atoms with van der Waals surface area (Å²) in [5.41, 5.74) is 4.51. The highest BCUT2D eigenvalue weighted by atomic mass is 16.5. The van der Waals surface area contributed by atoms with Gasteiger partial charge in [0.2, 0.25) is 0 Å². The first-order chi connectivity index (χ1) is 10.2. The Kier molecular flexibility index (Phi) is 5.09. The molecule has 2 aromatic carbocycles. The molecule has 2 rings (SSSR count). The van der Waals surface area contributed by atoms with E-state index in [0.29, 0.717) is 5.92 Å². The smallest absolute Gasteiger partial charge is 0.122 e. The zero-order valence-electron chi connectivity index (χ0n) is 12.8. The number of nitroso groups, excluding NO2 is 1. The van der Waals surface area contributed by atoms with E-state index in [9.17, 15) is 4.91 Å². The molecule has 3 nitrogen and oxygen atoms in total. The van der Waals surface area contributed by atoms with Crippen molar-refractivity contribution in [3.63, 3.8) is 0 Å². The van der Waals surface area contributed by atoms with Crippen molar-refractivity contribution < 1.29 is 4.74 Å². The van der Waals surface area contributed by atoms with Crippen LogP contribution in [0.2, 0.25) is 0 Å². The molecule has 0 aromatic heterocycles. The van der Waals surface area contributed by atoms with Crippen molar-refractivity contribution in [3.05, 3.63) is 69.6 Å². The highest BCUT2D eigenvalue weighted by molar-refractivity contribution is 5.44. The van der Waals surface area contributed by atoms with Crippen LogP contribution >= 0.6 is 0 Å². The molecule has 21 heavy (non-hydrogen) atoms. The molecule has 0 spiro atoms. The summed E-state index contributed by atoms with van der Waals surface area (Å²) in [5, 5.41) is 3.06. The van der Waals surface area contributed by atoms with Gasteiger partial charge in [-0.05, 0) is 47.6 Å². The Bertz CT molecular complexity index is 608. The molecule has 0 aliphatic carbocycles. The van der Waals surface area contributed by atoms with Gasteiger partial charge < -0.3 is 4.74 Å². The van der Waals surface area contributed by atoms with Gasteiger partial charge in [-0.1, -0.05) is 48.5 Å². The van der Waals surface area contributed by atoms with E-state index in [2.05, 4.69) is 42.4 Å². The van der Waals surface area contributed by atoms with E-state index in [4.69, 9.17) is 4.74 Å². The molecule has 0 N–H and O–H groups in total. The van der Waals surface area contributed by atoms with Gasteiger partial charge in [-0.15, -0.1) is 0 Å². The Morgan fingerprint density at radius 2 is 1.90 bits per heavy atom. The van der Waals surface area contributed by atoms with E-state index in [1.54, 1.807) is 7.11 Å². The molecule has 2 aromatic rings. The molecule has 0 amide bonds. The molecular weight excluding hydrogens is 262 g/mol. The molecule has 0 bridgehead atoms. The van der Waals surface area contributed by atoms with Crippen LogP contribution < -0.4 is 4.74 Å². The van der Waals surface area contributed by atoms with Crippen LogP contribution in [0.3, 0.4) is 0 Å². The molecule has 0 heterocycles. The maximum absolute atomic E-state index is 10.7. The molecule has 3 heteroatoms. The number of ether oxygens (including phenoxy) is 1. The van der Waals surface area contributed by atoms with Gasteiger partial charge in [-0.25, -0.2) is 0 Å². The minimum Gasteiger partial charge on any atom is -0.496 e. The van der Waals surface area contributed by atoms with Crippen LogP contribution in [-0.2, 0) is 13.0 Å². The van der Waals surface area contributed by atoms with E-state index in [-0.39, 0.29) is 6.54 Å². The summed E-state index contributed by atoms with van der Waals surface area (Å²) in [6.45, 7) is 4.39. The van der Waals surface area contributed by atoms with Crippen LogP contribution in [0.25, 0.3) is 0 Å². The molecule has 1 atom stereocenters. The fraction of sp³-hybridized carbons (Fsp3) is 0.333. The molecule has 0 fully saturated rings. The summed E-state index contributed by atoms with van der Waals surface area (Å²) >= 11 is 0. The van der Waals surface area contributed by atoms with Gasteiger partial charge in [-0.3, -0.25) is 0 Å². The summed E-state index contributed by atoms with van der Waals surface area (Å²) < 4.78 is 5.34. The van der Waals surface area contributed by atoms with Gasteiger partial charge in [0.15, 0.2) is 0 Å². The van der Waals surface area contributed by atoms with Crippen molar-refractivity contribution in [1.29, 1.82) is 0 Å². The van der Waals surface area contributed by atoms with Gasteiger partial charge >= 0.3 is 0 Å². The standard InChI is InChI=1S/C18H21NO2/c1-13(9-15-7-5-4-6-8-15)17-10-14(2)18(21-3)11-16(17)12-19-20/h4-8,10-11,13H,9,12H2,1-3H3. The van der Waals surface area contributed by atoms with Gasteiger partial charge in [0, 0.05) is 0 Å². The molecule has 0 aliphatic rings. The van der Waals surface area contributed by atoms with Crippen molar-refractivity contribution in [2.75, 3.05) is 7.11 Å². The lowest BCUT2D eigenvalue weighted by atomic mass is 9.89. The molecule has 0 saturated heterocycles. The van der Waals surface area contributed by atoms with E-state index < -0.39 is 0 Å². The van der Waals surface area contributed by atoms with Crippen molar-refractivity contribution in [3.8, 4) is 5.75 Å². The number of hydrogen-bond donors (Lipinski definition) is 0. The molecule has 0 aliphatic heterocycles. The Balaban J connectivity index is 2.32. The predicted molar refractivity (Wildman–Crippen MR) is 85.8 cm³/mol. The average molecular weight is 283 g/mol. The fourth-order valence-corrected chi connectivity index (χ4v) is 2.72. The third-order valence-corrected chi connectivity index (χ3v) is 3.81. The van der Waals surface area contributed by atoms with E-state index in [1.165, 1.54) is 11.1 Å². The molecule has 1 unspecified atom stereocenters. The predicted octanol–water partition coefficient (Wildman–Crippen LogP) is 4.62. The van der Waals surface area contributed by atoms with Gasteiger partial charge in [0.1, 0.15) is 12.3 Å². The Morgan fingerprint density at radius 1 is 1.19 bits per heavy atom. The maximum Gasteiger partial charge on any atom is 0.122 e. The monoisotopic (exact) mass is 283 g/mol. The first kappa shape index (κ1) is 15.2. The average Bonchev–Trinajstić information content (AvgIpc) is 2.49. The van der Waals surface area contributed by atoms with E-state index in [0.717, 1.165) is 23.3 Å². The van der Waals surface area contributed by atoms with Crippen molar-refractivity contribution in [2.45, 2.75) is 32.7 Å². The van der Waals surface area contributed by atoms with Crippen LogP contribution in [0.1, 0.15) is 35.1 Å². The van der Waals surface area contributed by atoms with Gasteiger partial charge in [0.25, 0.3) is 0 Å². The minimum atomic E-state index is 0.186. The Labute approximate surface area is 125 Å². The van der Waals surface area contributed by atoms with Crippen molar-refractivity contribution in [1.82, 2.24) is 0 Å². The third kappa shape index (κ3) is 3.69. The molecule has 0 saturated carbocycles.